The number of carboxylic acid groups (broad SMARTS) is 1. The molecule has 4 aliphatic heterocycles. The Morgan fingerprint density at radius 2 is 0.973 bits per heavy atom. The maximum absolute atomic E-state index is 11.3. The highest BCUT2D eigenvalue weighted by atomic mass is 35.5. The maximum atomic E-state index is 11.3. The van der Waals surface area contributed by atoms with E-state index in [1.807, 2.05) is 27.8 Å². The Morgan fingerprint density at radius 1 is 0.608 bits per heavy atom. The monoisotopic (exact) mass is 1100 g/mol. The van der Waals surface area contributed by atoms with Gasteiger partial charge in [-0.3, -0.25) is 0 Å². The number of nitrogen functional groups attached to an aromatic ring is 1. The van der Waals surface area contributed by atoms with Gasteiger partial charge in [0.25, 0.3) is 0 Å². The van der Waals surface area contributed by atoms with Crippen molar-refractivity contribution in [2.75, 3.05) is 114 Å². The van der Waals surface area contributed by atoms with Crippen LogP contribution in [0.4, 0.5) is 29.4 Å². The van der Waals surface area contributed by atoms with Crippen molar-refractivity contribution in [1.82, 2.24) is 39.9 Å². The highest BCUT2D eigenvalue weighted by Crippen LogP contribution is 2.18. The highest BCUT2D eigenvalue weighted by Gasteiger charge is 2.23. The number of rotatable bonds is 13. The number of hydrogen-bond donors (Lipinski definition) is 6. The van der Waals surface area contributed by atoms with Crippen molar-refractivity contribution in [2.45, 2.75) is 79.1 Å². The number of unbranched alkanes of at least 4 members (excludes halogenated alkanes) is 1. The summed E-state index contributed by atoms with van der Waals surface area (Å²) in [5, 5.41) is 18.3. The molecule has 74 heavy (non-hydrogen) atoms. The lowest BCUT2D eigenvalue weighted by molar-refractivity contribution is 0.0121. The summed E-state index contributed by atoms with van der Waals surface area (Å²) >= 11 is 16.6. The zero-order chi connectivity index (χ0) is 54.5. The number of carboxylic acids is 1. The lowest BCUT2D eigenvalue weighted by Crippen LogP contribution is -2.41. The van der Waals surface area contributed by atoms with E-state index in [0.29, 0.717) is 75.6 Å². The molecule has 8 heterocycles. The number of anilines is 5. The van der Waals surface area contributed by atoms with Gasteiger partial charge in [-0.2, -0.15) is 9.97 Å². The zero-order valence-electron chi connectivity index (χ0n) is 42.1. The van der Waals surface area contributed by atoms with Crippen LogP contribution in [0.25, 0.3) is 0 Å². The molecule has 4 saturated heterocycles. The maximum Gasteiger partial charge on any atom is 0.356 e. The van der Waals surface area contributed by atoms with Crippen LogP contribution in [-0.4, -0.2) is 181 Å². The summed E-state index contributed by atoms with van der Waals surface area (Å²) in [6, 6.07) is 6.66. The second-order valence-corrected chi connectivity index (χ2v) is 16.0. The van der Waals surface area contributed by atoms with Gasteiger partial charge in [-0.05, 0) is 30.1 Å². The number of hydrogen-bond acceptors (Lipinski definition) is 25. The molecule has 8 N–H and O–H groups in total. The molecule has 0 aliphatic carbocycles. The van der Waals surface area contributed by atoms with E-state index in [1.165, 1.54) is 58.4 Å². The lowest BCUT2D eigenvalue weighted by Gasteiger charge is -2.27. The molecule has 412 valence electrons. The predicted octanol–water partition coefficient (Wildman–Crippen LogP) is 5.21. The standard InChI is InChI=1S/C11H16N4O3.C9H10ClN3O3.C9H12N4O3.C6H4Cl2N2O2.C4H10.C3H7NO.C2H6.CH4/c1-3-15(2)11-13-8(10(16)17)4-9(14-11)12-7-5-18-6-7;2*1-15-8(14)6-2-7(13-9(10)12-6)11-5-3-16-4-5;1-12-5(11)3-2-4(7)10-6(8)9-3;1-3-4-2;4-3-1-5-2-3;1-2;/h4,7H,3,5-6H2,1-2H3,(H,16,17)(H,12,13,14);2,5H,3-4H2,1H3,(H,11,12,13);2,5H,3-4H2,1H3,(H3,10,11,12,13);2H,1H3;3-4H2,1-2H3;3H,1-2,4H2;1-2H3;1H4. The van der Waals surface area contributed by atoms with Crippen LogP contribution in [0.3, 0.4) is 0 Å². The topological polar surface area (TPSA) is 348 Å². The van der Waals surface area contributed by atoms with Gasteiger partial charge >= 0.3 is 23.9 Å². The fraction of sp³-hybridized carbons (Fsp3) is 0.556. The molecule has 4 fully saturated rings. The Hall–Kier alpha value is -6.13. The first-order valence-electron chi connectivity index (χ1n) is 22.8. The molecule has 0 unspecified atom stereocenters. The third-order valence-corrected chi connectivity index (χ3v) is 9.71. The predicted molar refractivity (Wildman–Crippen MR) is 280 cm³/mol. The quantitative estimate of drug-likeness (QED) is 0.0433. The fourth-order valence-electron chi connectivity index (χ4n) is 4.82. The van der Waals surface area contributed by atoms with Gasteiger partial charge in [0.2, 0.25) is 22.5 Å². The molecule has 26 nitrogen and oxygen atoms in total. The van der Waals surface area contributed by atoms with Gasteiger partial charge in [0.1, 0.15) is 22.6 Å². The second kappa shape index (κ2) is 35.9. The van der Waals surface area contributed by atoms with E-state index < -0.39 is 23.9 Å². The van der Waals surface area contributed by atoms with Gasteiger partial charge in [-0.1, -0.05) is 59.6 Å². The molecule has 0 bridgehead atoms. The first-order valence-corrected chi connectivity index (χ1v) is 23.9. The molecule has 0 atom stereocenters. The summed E-state index contributed by atoms with van der Waals surface area (Å²) < 4.78 is 33.3. The number of carbonyl (C=O) groups excluding carboxylic acids is 3. The van der Waals surface area contributed by atoms with E-state index in [9.17, 15) is 19.2 Å². The molecule has 4 aromatic heterocycles. The van der Waals surface area contributed by atoms with E-state index in [2.05, 4.69) is 83.9 Å². The molecule has 4 aliphatic rings. The number of nitrogens with two attached hydrogens (primary N) is 2. The summed E-state index contributed by atoms with van der Waals surface area (Å²) in [7, 11) is 5.63. The number of aromatic carboxylic acids is 1. The van der Waals surface area contributed by atoms with Crippen molar-refractivity contribution < 1.29 is 57.4 Å². The average Bonchev–Trinajstić information content (AvgIpc) is 3.34. The Kier molecular flexibility index (Phi) is 32.0. The molecule has 0 aromatic carbocycles. The molecule has 4 aromatic rings. The van der Waals surface area contributed by atoms with Crippen molar-refractivity contribution in [3.63, 3.8) is 0 Å². The van der Waals surface area contributed by atoms with E-state index in [0.717, 1.165) is 13.2 Å². The van der Waals surface area contributed by atoms with E-state index in [1.54, 1.807) is 4.90 Å². The van der Waals surface area contributed by atoms with Crippen LogP contribution in [0, 0.1) is 0 Å². The van der Waals surface area contributed by atoms with Gasteiger partial charge in [0.05, 0.1) is 98.4 Å². The number of esters is 3. The van der Waals surface area contributed by atoms with Gasteiger partial charge in [-0.15, -0.1) is 0 Å². The minimum absolute atomic E-state index is 0. The highest BCUT2D eigenvalue weighted by molar-refractivity contribution is 6.32. The Labute approximate surface area is 445 Å². The number of halogens is 3. The number of ether oxygens (including phenoxy) is 7. The summed E-state index contributed by atoms with van der Waals surface area (Å²) in [5.74, 6) is -0.789. The summed E-state index contributed by atoms with van der Waals surface area (Å²) in [6.45, 7) is 16.3. The van der Waals surface area contributed by atoms with Gasteiger partial charge in [-0.25, -0.2) is 49.1 Å². The average molecular weight is 1100 g/mol. The number of carbonyl (C=O) groups is 4. The Morgan fingerprint density at radius 3 is 1.31 bits per heavy atom. The molecule has 0 spiro atoms. The summed E-state index contributed by atoms with van der Waals surface area (Å²) in [4.78, 5) is 77.1. The third kappa shape index (κ3) is 24.3. The number of aromatic nitrogens is 8. The molecule has 0 amide bonds. The molecular weight excluding hydrogens is 1030 g/mol. The number of nitrogens with one attached hydrogen (secondary N) is 3. The van der Waals surface area contributed by atoms with Crippen molar-refractivity contribution in [3.05, 3.63) is 62.8 Å². The lowest BCUT2D eigenvalue weighted by atomic mass is 10.2. The van der Waals surface area contributed by atoms with Crippen molar-refractivity contribution in [1.29, 1.82) is 0 Å². The van der Waals surface area contributed by atoms with Crippen LogP contribution in [-0.2, 0) is 33.2 Å². The van der Waals surface area contributed by atoms with Crippen LogP contribution in [0.2, 0.25) is 15.7 Å². The second-order valence-electron chi connectivity index (χ2n) is 14.9. The zero-order valence-corrected chi connectivity index (χ0v) is 44.4. The van der Waals surface area contributed by atoms with Gasteiger partial charge in [0.15, 0.2) is 22.8 Å². The molecule has 8 rings (SSSR count). The van der Waals surface area contributed by atoms with Crippen molar-refractivity contribution in [3.8, 4) is 0 Å². The molecule has 0 radical (unpaired) electrons. The first kappa shape index (κ1) is 65.9. The van der Waals surface area contributed by atoms with Gasteiger partial charge in [0, 0.05) is 37.9 Å². The van der Waals surface area contributed by atoms with E-state index >= 15 is 0 Å². The Bertz CT molecular complexity index is 2230. The van der Waals surface area contributed by atoms with Crippen LogP contribution in [0.15, 0.2) is 24.3 Å². The molecule has 0 saturated carbocycles. The SMILES string of the molecule is C.CC.CCCC.CCN(C)c1nc(NC2COC2)cc(C(=O)O)n1.COC(=O)c1cc(Cl)nc(Cl)n1.COC(=O)c1cc(NC2COC2)nc(Cl)n1.COC(=O)c1cc(NC2COC2)nc(N)n1.NC1COC1. The third-order valence-electron chi connectivity index (χ3n) is 9.18. The molecule has 29 heteroatoms. The van der Waals surface area contributed by atoms with Gasteiger partial charge < -0.3 is 70.6 Å². The van der Waals surface area contributed by atoms with E-state index in [4.69, 9.17) is 70.3 Å². The molecular formula is C45H69Cl3N14O12. The van der Waals surface area contributed by atoms with Crippen LogP contribution >= 0.6 is 34.8 Å². The largest absolute Gasteiger partial charge is 0.477 e. The smallest absolute Gasteiger partial charge is 0.356 e. The first-order chi connectivity index (χ1) is 34.9. The van der Waals surface area contributed by atoms with Crippen LogP contribution in [0.1, 0.15) is 96.8 Å². The van der Waals surface area contributed by atoms with Crippen molar-refractivity contribution in [2.24, 2.45) is 5.73 Å². The van der Waals surface area contributed by atoms with E-state index in [-0.39, 0.29) is 70.0 Å². The van der Waals surface area contributed by atoms with Crippen molar-refractivity contribution >= 4 is 88.0 Å². The number of methoxy groups -OCH3 is 3. The minimum Gasteiger partial charge on any atom is -0.477 e. The summed E-state index contributed by atoms with van der Waals surface area (Å²) in [6.07, 6.45) is 2.64. The number of nitrogens with zero attached hydrogens (tertiary/aromatic N) is 9. The fourth-order valence-corrected chi connectivity index (χ4v) is 5.41. The Balaban J connectivity index is 0.000000462. The van der Waals surface area contributed by atoms with Crippen LogP contribution < -0.4 is 32.3 Å². The normalized spacial score (nSPS) is 14.1. The minimum atomic E-state index is -1.06. The summed E-state index contributed by atoms with van der Waals surface area (Å²) in [5.41, 5.74) is 11.0. The van der Waals surface area contributed by atoms with Crippen LogP contribution in [0.5, 0.6) is 0 Å².